The molecule has 27 heavy (non-hydrogen) atoms. The number of ether oxygens (including phenoxy) is 1. The third-order valence-electron chi connectivity index (χ3n) is 3.79. The molecule has 3 rings (SSSR count). The van der Waals surface area contributed by atoms with Crippen molar-refractivity contribution in [3.05, 3.63) is 62.8 Å². The van der Waals surface area contributed by atoms with Crippen LogP contribution in [0.25, 0.3) is 11.4 Å². The third kappa shape index (κ3) is 4.97. The molecule has 0 aliphatic rings. The van der Waals surface area contributed by atoms with Gasteiger partial charge >= 0.3 is 0 Å². The number of benzene rings is 2. The van der Waals surface area contributed by atoms with Crippen LogP contribution in [0.5, 0.6) is 5.75 Å². The van der Waals surface area contributed by atoms with E-state index in [0.717, 1.165) is 30.8 Å². The van der Waals surface area contributed by atoms with E-state index in [1.807, 2.05) is 24.3 Å². The van der Waals surface area contributed by atoms with Gasteiger partial charge in [-0.15, -0.1) is 0 Å². The van der Waals surface area contributed by atoms with Gasteiger partial charge < -0.3 is 4.74 Å². The Labute approximate surface area is 172 Å². The predicted octanol–water partition coefficient (Wildman–Crippen LogP) is 5.98. The first-order chi connectivity index (χ1) is 13.1. The van der Waals surface area contributed by atoms with E-state index in [-0.39, 0.29) is 0 Å². The van der Waals surface area contributed by atoms with Crippen LogP contribution in [0.4, 0.5) is 0 Å². The van der Waals surface area contributed by atoms with Crippen LogP contribution in [0.15, 0.2) is 47.6 Å². The van der Waals surface area contributed by atoms with Crippen molar-refractivity contribution in [1.82, 2.24) is 14.9 Å². The predicted molar refractivity (Wildman–Crippen MR) is 113 cm³/mol. The molecule has 0 bridgehead atoms. The molecule has 140 valence electrons. The first-order valence-corrected chi connectivity index (χ1v) is 9.65. The first kappa shape index (κ1) is 19.6. The van der Waals surface area contributed by atoms with E-state index in [0.29, 0.717) is 26.2 Å². The van der Waals surface area contributed by atoms with Crippen molar-refractivity contribution in [3.8, 4) is 17.1 Å². The van der Waals surface area contributed by atoms with Gasteiger partial charge in [-0.05, 0) is 66.7 Å². The summed E-state index contributed by atoms with van der Waals surface area (Å²) in [5, 5.41) is 12.4. The zero-order chi connectivity index (χ0) is 19.2. The Morgan fingerprint density at radius 1 is 1.22 bits per heavy atom. The topological polar surface area (TPSA) is 55.2 Å². The number of aromatic amines is 1. The molecule has 0 saturated heterocycles. The monoisotopic (exact) mass is 420 g/mol. The Morgan fingerprint density at radius 3 is 2.70 bits per heavy atom. The molecule has 0 saturated carbocycles. The number of halogens is 2. The van der Waals surface area contributed by atoms with Gasteiger partial charge in [0.1, 0.15) is 5.75 Å². The molecule has 8 heteroatoms. The summed E-state index contributed by atoms with van der Waals surface area (Å²) in [7, 11) is 0. The highest BCUT2D eigenvalue weighted by Gasteiger charge is 2.12. The Morgan fingerprint density at radius 2 is 2.00 bits per heavy atom. The molecule has 0 aliphatic carbocycles. The largest absolute Gasteiger partial charge is 0.494 e. The number of aromatic nitrogens is 3. The normalized spacial score (nSPS) is 11.2. The van der Waals surface area contributed by atoms with Crippen molar-refractivity contribution in [2.24, 2.45) is 5.10 Å². The number of hydrogen-bond acceptors (Lipinski definition) is 4. The van der Waals surface area contributed by atoms with E-state index in [1.54, 1.807) is 24.4 Å². The Balaban J connectivity index is 1.82. The highest BCUT2D eigenvalue weighted by atomic mass is 35.5. The SMILES string of the molecule is CCCCOc1ccc(/C=N/n2c(-c3ccc(Cl)cc3Cl)n[nH]c2=S)cc1. The van der Waals surface area contributed by atoms with E-state index in [2.05, 4.69) is 22.2 Å². The second-order valence-corrected chi connectivity index (χ2v) is 7.03. The summed E-state index contributed by atoms with van der Waals surface area (Å²) in [6.07, 6.45) is 3.85. The molecule has 1 N–H and O–H groups in total. The molecular weight excluding hydrogens is 403 g/mol. The molecule has 0 amide bonds. The van der Waals surface area contributed by atoms with Crippen molar-refractivity contribution in [2.45, 2.75) is 19.8 Å². The fraction of sp³-hybridized carbons (Fsp3) is 0.211. The number of rotatable bonds is 7. The van der Waals surface area contributed by atoms with Gasteiger partial charge in [-0.1, -0.05) is 36.5 Å². The highest BCUT2D eigenvalue weighted by molar-refractivity contribution is 7.71. The summed E-state index contributed by atoms with van der Waals surface area (Å²) in [4.78, 5) is 0. The molecule has 5 nitrogen and oxygen atoms in total. The van der Waals surface area contributed by atoms with Crippen molar-refractivity contribution >= 4 is 41.6 Å². The van der Waals surface area contributed by atoms with Gasteiger partial charge in [-0.3, -0.25) is 0 Å². The lowest BCUT2D eigenvalue weighted by Crippen LogP contribution is -1.97. The maximum atomic E-state index is 6.28. The van der Waals surface area contributed by atoms with E-state index in [4.69, 9.17) is 40.2 Å². The summed E-state index contributed by atoms with van der Waals surface area (Å²) >= 11 is 17.5. The average molecular weight is 421 g/mol. The molecule has 0 atom stereocenters. The molecule has 1 heterocycles. The number of hydrogen-bond donors (Lipinski definition) is 1. The highest BCUT2D eigenvalue weighted by Crippen LogP contribution is 2.29. The maximum absolute atomic E-state index is 6.28. The number of nitrogens with zero attached hydrogens (tertiary/aromatic N) is 3. The lowest BCUT2D eigenvalue weighted by atomic mass is 10.2. The van der Waals surface area contributed by atoms with E-state index >= 15 is 0 Å². The van der Waals surface area contributed by atoms with E-state index < -0.39 is 0 Å². The first-order valence-electron chi connectivity index (χ1n) is 8.48. The lowest BCUT2D eigenvalue weighted by molar-refractivity contribution is 0.309. The Hall–Kier alpha value is -2.15. The summed E-state index contributed by atoms with van der Waals surface area (Å²) in [6.45, 7) is 2.86. The zero-order valence-corrected chi connectivity index (χ0v) is 17.0. The molecule has 1 aromatic heterocycles. The van der Waals surface area contributed by atoms with Crippen LogP contribution in [0.3, 0.4) is 0 Å². The summed E-state index contributed by atoms with van der Waals surface area (Å²) < 4.78 is 7.56. The van der Waals surface area contributed by atoms with Crippen LogP contribution in [-0.2, 0) is 0 Å². The quantitative estimate of drug-likeness (QED) is 0.290. The number of unbranched alkanes of at least 4 members (excludes halogenated alkanes) is 1. The molecule has 0 fully saturated rings. The summed E-state index contributed by atoms with van der Waals surface area (Å²) in [6, 6.07) is 12.9. The lowest BCUT2D eigenvalue weighted by Gasteiger charge is -2.05. The average Bonchev–Trinajstić information content (AvgIpc) is 3.02. The second-order valence-electron chi connectivity index (χ2n) is 5.80. The van der Waals surface area contributed by atoms with Crippen LogP contribution in [-0.4, -0.2) is 27.7 Å². The van der Waals surface area contributed by atoms with Crippen LogP contribution in [0.1, 0.15) is 25.3 Å². The van der Waals surface area contributed by atoms with Gasteiger partial charge in [-0.2, -0.15) is 14.9 Å². The minimum atomic E-state index is 0.367. The fourth-order valence-corrected chi connectivity index (χ4v) is 3.03. The van der Waals surface area contributed by atoms with Gasteiger partial charge in [0.15, 0.2) is 5.82 Å². The molecule has 2 aromatic carbocycles. The van der Waals surface area contributed by atoms with Crippen LogP contribution in [0.2, 0.25) is 10.0 Å². The molecule has 0 spiro atoms. The smallest absolute Gasteiger partial charge is 0.216 e. The zero-order valence-electron chi connectivity index (χ0n) is 14.7. The summed E-state index contributed by atoms with van der Waals surface area (Å²) in [5.41, 5.74) is 1.60. The molecular formula is C19H18Cl2N4OS. The number of H-pyrrole nitrogens is 1. The molecule has 0 radical (unpaired) electrons. The second kappa shape index (κ2) is 9.17. The van der Waals surface area contributed by atoms with Crippen molar-refractivity contribution < 1.29 is 4.74 Å². The van der Waals surface area contributed by atoms with Gasteiger partial charge in [0.2, 0.25) is 4.77 Å². The van der Waals surface area contributed by atoms with Gasteiger partial charge in [0, 0.05) is 10.6 Å². The van der Waals surface area contributed by atoms with Gasteiger partial charge in [-0.25, -0.2) is 5.10 Å². The van der Waals surface area contributed by atoms with Gasteiger partial charge in [0.25, 0.3) is 0 Å². The standard InChI is InChI=1S/C19H18Cl2N4OS/c1-2-3-10-26-15-7-4-13(5-8-15)12-22-25-18(23-24-19(25)27)16-9-6-14(20)11-17(16)21/h4-9,11-12H,2-3,10H2,1H3,(H,24,27)/b22-12+. The van der Waals surface area contributed by atoms with Crippen molar-refractivity contribution in [2.75, 3.05) is 6.61 Å². The van der Waals surface area contributed by atoms with Crippen LogP contribution in [0, 0.1) is 4.77 Å². The Kier molecular flexibility index (Phi) is 6.66. The third-order valence-corrected chi connectivity index (χ3v) is 4.60. The van der Waals surface area contributed by atoms with Gasteiger partial charge in [0.05, 0.1) is 17.8 Å². The van der Waals surface area contributed by atoms with Crippen LogP contribution >= 0.6 is 35.4 Å². The molecule has 3 aromatic rings. The fourth-order valence-electron chi connectivity index (χ4n) is 2.35. The van der Waals surface area contributed by atoms with Crippen molar-refractivity contribution in [3.63, 3.8) is 0 Å². The Bertz CT molecular complexity index is 996. The summed E-state index contributed by atoms with van der Waals surface area (Å²) in [5.74, 6) is 1.35. The van der Waals surface area contributed by atoms with E-state index in [1.165, 1.54) is 4.68 Å². The number of nitrogens with one attached hydrogen (secondary N) is 1. The van der Waals surface area contributed by atoms with E-state index in [9.17, 15) is 0 Å². The molecule has 0 aliphatic heterocycles. The minimum Gasteiger partial charge on any atom is -0.494 e. The van der Waals surface area contributed by atoms with Crippen molar-refractivity contribution in [1.29, 1.82) is 0 Å². The minimum absolute atomic E-state index is 0.367. The maximum Gasteiger partial charge on any atom is 0.216 e. The van der Waals surface area contributed by atoms with Crippen LogP contribution < -0.4 is 4.74 Å². The molecule has 0 unspecified atom stereocenters.